The Kier molecular flexibility index (Phi) is 41.3. The first-order chi connectivity index (χ1) is 61.9. The fraction of sp³-hybridized carbons (Fsp3) is 0.545. The van der Waals surface area contributed by atoms with Crippen LogP contribution in [-0.4, -0.2) is 304 Å². The van der Waals surface area contributed by atoms with Crippen molar-refractivity contribution in [2.75, 3.05) is 79.0 Å². The monoisotopic (exact) mass is 1830 g/mol. The number of hydrogen-bond acceptors (Lipinski definition) is 21. The number of carbonyl (C=O) groups is 17. The average Bonchev–Trinajstić information content (AvgIpc) is 1.64. The van der Waals surface area contributed by atoms with Crippen LogP contribution in [-0.2, 0) is 101 Å². The van der Waals surface area contributed by atoms with Crippen LogP contribution in [0, 0.1) is 11.3 Å². The van der Waals surface area contributed by atoms with E-state index >= 15 is 24.0 Å². The number of aliphatic hydroxyl groups is 1. The molecule has 5 aromatic rings. The molecule has 710 valence electrons. The van der Waals surface area contributed by atoms with E-state index in [0.29, 0.717) is 64.2 Å². The zero-order chi connectivity index (χ0) is 95.6. The number of para-hydroxylation sites is 2. The van der Waals surface area contributed by atoms with Crippen LogP contribution in [0.2, 0.25) is 0 Å². The fourth-order valence-electron chi connectivity index (χ4n) is 15.6. The number of primary amides is 2. The van der Waals surface area contributed by atoms with Gasteiger partial charge in [-0.15, -0.1) is 11.8 Å². The maximum Gasteiger partial charge on any atom is 0.246 e. The third-order valence-electron chi connectivity index (χ3n) is 22.9. The normalized spacial score (nSPS) is 23.7. The number of unbranched alkanes of at least 4 members (excludes halogenated alkanes) is 2. The summed E-state index contributed by atoms with van der Waals surface area (Å²) in [5.74, 6) is -16.9. The van der Waals surface area contributed by atoms with Crippen molar-refractivity contribution < 1.29 is 86.6 Å². The lowest BCUT2D eigenvalue weighted by atomic mass is 10.00. The van der Waals surface area contributed by atoms with Crippen molar-refractivity contribution in [2.45, 2.75) is 222 Å². The van der Waals surface area contributed by atoms with Crippen molar-refractivity contribution >= 4 is 140 Å². The molecule has 17 amide bonds. The maximum absolute atomic E-state index is 15.7. The molecule has 0 unspecified atom stereocenters. The number of amides is 17. The molecule has 0 aliphatic carbocycles. The molecule has 3 aromatic carbocycles. The standard InChI is InChI=1S/C88H129N23O18S/c1-10-12-32-68-81(123)100-60(31-22-36-94-88(92)93)78(120)106-67(76(118)97-45-72(91)114)48-130-49-74(116)99-63(39-52-24-15-14-16-25-52)84(126)108(7)51(5)75(117)102-65(42-71(90)113)86(128)111-37-23-34-69(111)82(124)101-59(30-21-35-89)77(119)103-62(38-50(3)4)83(125)107(6)46-73(115)98-61(40-53-43-95-57-28-19-17-26-55(53)57)79(121)105-66(47-112)80(122)104-64(41-54-44-96-58-29-20-18-27-56(54)58)85(127)110(9)70(33-13-11-2)87(129)109(68)8/h14-20,24-29,43-44,50-51,59-70,95-96,112H,10-13,21-23,30-42,45-49,89H2,1-9H3,(H2,90,113)(H2,91,114)(H,97,118)(H,98,115)(H,99,116)(H,100,123)(H,101,124)(H,102,117)(H,103,119)(H,104,122)(H,105,121)(H,106,120)(H4,92,93,94)/t51-,59-,60-,61-,62-,63-,64-,65-,66-,67-,68-,69-,70-/m0/s1. The summed E-state index contributed by atoms with van der Waals surface area (Å²) in [7, 11) is 5.26. The molecule has 0 saturated carbocycles. The number of benzene rings is 3. The smallest absolute Gasteiger partial charge is 0.246 e. The van der Waals surface area contributed by atoms with Crippen LogP contribution in [0.1, 0.15) is 141 Å². The van der Waals surface area contributed by atoms with Gasteiger partial charge in [0.2, 0.25) is 100 Å². The van der Waals surface area contributed by atoms with Gasteiger partial charge in [0.25, 0.3) is 0 Å². The van der Waals surface area contributed by atoms with Gasteiger partial charge in [0, 0.05) is 100 Å². The Morgan fingerprint density at radius 1 is 0.523 bits per heavy atom. The van der Waals surface area contributed by atoms with E-state index in [1.54, 1.807) is 105 Å². The number of nitrogens with two attached hydrogens (primary N) is 4. The highest BCUT2D eigenvalue weighted by atomic mass is 32.2. The highest BCUT2D eigenvalue weighted by molar-refractivity contribution is 8.00. The number of aromatic amines is 2. The summed E-state index contributed by atoms with van der Waals surface area (Å²) in [6, 6.07) is 3.15. The van der Waals surface area contributed by atoms with E-state index in [2.05, 4.69) is 68.5 Å². The molecule has 42 heteroatoms. The number of aromatic nitrogens is 2. The van der Waals surface area contributed by atoms with Gasteiger partial charge in [-0.1, -0.05) is 120 Å². The number of H-pyrrole nitrogens is 2. The predicted octanol–water partition coefficient (Wildman–Crippen LogP) is -2.36. The minimum Gasteiger partial charge on any atom is -0.394 e. The average molecular weight is 1830 g/mol. The number of carbonyl (C=O) groups excluding carboxylic acids is 17. The first kappa shape index (κ1) is 104. The zero-order valence-electron chi connectivity index (χ0n) is 75.3. The van der Waals surface area contributed by atoms with E-state index < -0.39 is 223 Å². The van der Waals surface area contributed by atoms with Gasteiger partial charge in [-0.25, -0.2) is 0 Å². The highest BCUT2D eigenvalue weighted by Gasteiger charge is 2.44. The lowest BCUT2D eigenvalue weighted by Gasteiger charge is -2.36. The van der Waals surface area contributed by atoms with Crippen molar-refractivity contribution in [3.63, 3.8) is 0 Å². The van der Waals surface area contributed by atoms with Gasteiger partial charge in [0.1, 0.15) is 78.5 Å². The SMILES string of the molecule is CCCC[C@H]1C(=O)N(C)[C@@H](CCCC)C(=O)N[C@@H](CCCNC(=N)N)C(=O)N[C@H](C(=O)NCC(N)=O)CSCC(=O)N[C@@H](Cc2ccccc2)C(=O)N(C)[C@@H](C)C(=O)N[C@@H](CC(N)=O)C(=O)N2CCC[C@H]2C(=O)N[C@@H](CCCN)C(=O)N[C@@H](CC(C)C)C(=O)N(C)CC(=O)N[C@@H](Cc2c[nH]c3ccccc23)C(=O)N[C@@H](CO)C(=O)N[C@@H](Cc2c[nH]c3ccccc23)C(=O)N1C. The summed E-state index contributed by atoms with van der Waals surface area (Å²) in [5.41, 5.74) is 25.6. The quantitative estimate of drug-likeness (QED) is 0.0148. The molecule has 130 heavy (non-hydrogen) atoms. The molecule has 2 saturated heterocycles. The summed E-state index contributed by atoms with van der Waals surface area (Å²) in [4.78, 5) is 259. The molecule has 2 aliphatic heterocycles. The second-order valence-corrected chi connectivity index (χ2v) is 34.3. The Hall–Kier alpha value is -12.7. The van der Waals surface area contributed by atoms with Gasteiger partial charge in [-0.05, 0) is 106 Å². The molecule has 0 spiro atoms. The number of nitrogens with one attached hydrogen (secondary N) is 14. The minimum absolute atomic E-state index is 0.00120. The number of rotatable bonds is 27. The van der Waals surface area contributed by atoms with Gasteiger partial charge in [0.05, 0.1) is 31.9 Å². The molecule has 2 aliphatic rings. The Labute approximate surface area is 759 Å². The summed E-state index contributed by atoms with van der Waals surface area (Å²) in [6.45, 7) is 6.02. The third-order valence-corrected chi connectivity index (χ3v) is 23.9. The summed E-state index contributed by atoms with van der Waals surface area (Å²) in [5, 5.41) is 49.4. The van der Waals surface area contributed by atoms with Crippen molar-refractivity contribution in [2.24, 2.45) is 28.9 Å². The van der Waals surface area contributed by atoms with E-state index in [4.69, 9.17) is 28.3 Å². The summed E-state index contributed by atoms with van der Waals surface area (Å²) < 4.78 is 0. The van der Waals surface area contributed by atoms with Gasteiger partial charge in [-0.3, -0.25) is 86.9 Å². The molecule has 2 aromatic heterocycles. The fourth-order valence-corrected chi connectivity index (χ4v) is 16.4. The number of hydrogen-bond donors (Lipinski definition) is 19. The van der Waals surface area contributed by atoms with Crippen molar-refractivity contribution in [3.8, 4) is 0 Å². The van der Waals surface area contributed by atoms with Gasteiger partial charge >= 0.3 is 0 Å². The Morgan fingerprint density at radius 2 is 1.04 bits per heavy atom. The van der Waals surface area contributed by atoms with Crippen LogP contribution in [0.4, 0.5) is 0 Å². The number of nitrogens with zero attached hydrogens (tertiary/aromatic N) is 5. The van der Waals surface area contributed by atoms with Gasteiger partial charge in [-0.2, -0.15) is 0 Å². The Balaban J connectivity index is 1.30. The topological polar surface area (TPSA) is 618 Å². The number of aliphatic hydroxyl groups excluding tert-OH is 1. The molecular weight excluding hydrogens is 1700 g/mol. The van der Waals surface area contributed by atoms with E-state index in [9.17, 15) is 62.6 Å². The molecule has 2 fully saturated rings. The zero-order valence-corrected chi connectivity index (χ0v) is 76.1. The largest absolute Gasteiger partial charge is 0.394 e. The second-order valence-electron chi connectivity index (χ2n) is 33.3. The Bertz CT molecular complexity index is 4800. The molecule has 23 N–H and O–H groups in total. The molecule has 0 bridgehead atoms. The molecule has 13 atom stereocenters. The molecule has 41 nitrogen and oxygen atoms in total. The van der Waals surface area contributed by atoms with Crippen LogP contribution in [0.15, 0.2) is 91.3 Å². The summed E-state index contributed by atoms with van der Waals surface area (Å²) in [6.07, 6.45) is 3.72. The van der Waals surface area contributed by atoms with Crippen molar-refractivity contribution in [1.82, 2.24) is 93.0 Å². The van der Waals surface area contributed by atoms with Crippen LogP contribution in [0.3, 0.4) is 0 Å². The number of guanidine groups is 1. The van der Waals surface area contributed by atoms with Crippen LogP contribution < -0.4 is 81.4 Å². The first-order valence-electron chi connectivity index (χ1n) is 43.9. The summed E-state index contributed by atoms with van der Waals surface area (Å²) >= 11 is 0.797. The van der Waals surface area contributed by atoms with Crippen molar-refractivity contribution in [3.05, 3.63) is 108 Å². The van der Waals surface area contributed by atoms with E-state index in [-0.39, 0.29) is 103 Å². The lowest BCUT2D eigenvalue weighted by molar-refractivity contribution is -0.149. The number of likely N-dealkylation sites (N-methyl/N-ethyl adjacent to an activating group) is 4. The van der Waals surface area contributed by atoms with Crippen LogP contribution in [0.5, 0.6) is 0 Å². The first-order valence-corrected chi connectivity index (χ1v) is 45.1. The van der Waals surface area contributed by atoms with Gasteiger partial charge < -0.3 is 121 Å². The molecular formula is C88H129N23O18S. The Morgan fingerprint density at radius 3 is 1.63 bits per heavy atom. The minimum atomic E-state index is -1.84. The number of thioether (sulfide) groups is 1. The maximum atomic E-state index is 15.7. The van der Waals surface area contributed by atoms with Crippen LogP contribution in [0.25, 0.3) is 21.8 Å². The van der Waals surface area contributed by atoms with Crippen LogP contribution >= 0.6 is 11.8 Å². The lowest BCUT2D eigenvalue weighted by Crippen LogP contribution is -2.61. The predicted molar refractivity (Wildman–Crippen MR) is 486 cm³/mol. The van der Waals surface area contributed by atoms with E-state index in [1.165, 1.54) is 35.1 Å². The van der Waals surface area contributed by atoms with E-state index in [0.717, 1.165) is 36.3 Å². The third kappa shape index (κ3) is 30.7. The second kappa shape index (κ2) is 51.5. The highest BCUT2D eigenvalue weighted by Crippen LogP contribution is 2.26. The van der Waals surface area contributed by atoms with Gasteiger partial charge in [0.15, 0.2) is 5.96 Å². The molecule has 4 heterocycles. The molecule has 7 rings (SSSR count). The van der Waals surface area contributed by atoms with E-state index in [1.807, 2.05) is 13.8 Å². The molecule has 0 radical (unpaired) electrons. The number of fused-ring (bicyclic) bond motifs is 3. The van der Waals surface area contributed by atoms with Crippen molar-refractivity contribution in [1.29, 1.82) is 5.41 Å².